The van der Waals surface area contributed by atoms with E-state index >= 15 is 0 Å². The van der Waals surface area contributed by atoms with E-state index in [1.54, 1.807) is 0 Å². The second-order valence-corrected chi connectivity index (χ2v) is 8.15. The molecule has 5 rings (SSSR count). The molecular weight excluding hydrogens is 326 g/mol. The van der Waals surface area contributed by atoms with Gasteiger partial charge in [0.05, 0.1) is 0 Å². The molecule has 0 saturated heterocycles. The predicted molar refractivity (Wildman–Crippen MR) is 117 cm³/mol. The van der Waals surface area contributed by atoms with E-state index in [-0.39, 0.29) is 5.41 Å². The molecular formula is C26H25N. The van der Waals surface area contributed by atoms with Crippen molar-refractivity contribution < 1.29 is 0 Å². The molecule has 4 aromatic rings. The summed E-state index contributed by atoms with van der Waals surface area (Å²) < 4.78 is 0. The van der Waals surface area contributed by atoms with Crippen LogP contribution < -0.4 is 4.90 Å². The van der Waals surface area contributed by atoms with Crippen molar-refractivity contribution in [1.82, 2.24) is 0 Å². The summed E-state index contributed by atoms with van der Waals surface area (Å²) in [5.41, 5.74) is 5.63. The van der Waals surface area contributed by atoms with Crippen LogP contribution in [0.2, 0.25) is 0 Å². The molecule has 0 aromatic heterocycles. The van der Waals surface area contributed by atoms with E-state index in [4.69, 9.17) is 0 Å². The summed E-state index contributed by atoms with van der Waals surface area (Å²) >= 11 is 0. The number of anilines is 1. The van der Waals surface area contributed by atoms with Gasteiger partial charge in [0, 0.05) is 29.6 Å². The molecule has 1 heterocycles. The smallest absolute Gasteiger partial charge is 0.0491 e. The van der Waals surface area contributed by atoms with Crippen LogP contribution in [0.3, 0.4) is 0 Å². The number of benzene rings is 4. The van der Waals surface area contributed by atoms with Crippen molar-refractivity contribution in [3.63, 3.8) is 0 Å². The van der Waals surface area contributed by atoms with Crippen molar-refractivity contribution in [2.75, 3.05) is 11.9 Å². The number of hydrogen-bond donors (Lipinski definition) is 0. The normalized spacial score (nSPS) is 21.8. The van der Waals surface area contributed by atoms with E-state index in [9.17, 15) is 0 Å². The highest BCUT2D eigenvalue weighted by Gasteiger charge is 2.47. The third-order valence-electron chi connectivity index (χ3n) is 6.86. The highest BCUT2D eigenvalue weighted by molar-refractivity contribution is 6.00. The molecule has 1 heteroatoms. The molecule has 0 saturated carbocycles. The average Bonchev–Trinajstić information content (AvgIpc) is 2.90. The van der Waals surface area contributed by atoms with E-state index < -0.39 is 0 Å². The van der Waals surface area contributed by atoms with Crippen molar-refractivity contribution in [3.8, 4) is 0 Å². The van der Waals surface area contributed by atoms with Gasteiger partial charge in [-0.1, -0.05) is 72.8 Å². The molecule has 0 aliphatic carbocycles. The number of hydrogen-bond acceptors (Lipinski definition) is 1. The molecule has 0 spiro atoms. The first kappa shape index (κ1) is 16.4. The van der Waals surface area contributed by atoms with Gasteiger partial charge in [0.2, 0.25) is 0 Å². The van der Waals surface area contributed by atoms with Crippen LogP contribution in [0.4, 0.5) is 5.69 Å². The van der Waals surface area contributed by atoms with E-state index in [1.165, 1.54) is 43.9 Å². The summed E-state index contributed by atoms with van der Waals surface area (Å²) in [4.78, 5) is 2.49. The summed E-state index contributed by atoms with van der Waals surface area (Å²) in [6.07, 6.45) is 0. The quantitative estimate of drug-likeness (QED) is 0.381. The number of likely N-dealkylation sites (N-methyl/N-ethyl adjacent to an activating group) is 1. The van der Waals surface area contributed by atoms with Gasteiger partial charge in [-0.25, -0.2) is 0 Å². The largest absolute Gasteiger partial charge is 0.370 e. The van der Waals surface area contributed by atoms with E-state index in [2.05, 4.69) is 106 Å². The molecule has 1 aliphatic heterocycles. The minimum absolute atomic E-state index is 0.0565. The Bertz CT molecular complexity index is 1180. The molecule has 0 bridgehead atoms. The molecule has 2 unspecified atom stereocenters. The summed E-state index contributed by atoms with van der Waals surface area (Å²) in [6, 6.07) is 27.1. The van der Waals surface area contributed by atoms with Crippen LogP contribution in [0.1, 0.15) is 30.5 Å². The number of fused-ring (bicyclic) bond motifs is 4. The highest BCUT2D eigenvalue weighted by atomic mass is 15.2. The van der Waals surface area contributed by atoms with Crippen LogP contribution >= 0.6 is 0 Å². The molecule has 0 amide bonds. The Balaban J connectivity index is 1.91. The van der Waals surface area contributed by atoms with Crippen molar-refractivity contribution in [1.29, 1.82) is 0 Å². The summed E-state index contributed by atoms with van der Waals surface area (Å²) in [5.74, 6) is 0. The molecule has 27 heavy (non-hydrogen) atoms. The molecule has 2 atom stereocenters. The van der Waals surface area contributed by atoms with Crippen LogP contribution in [0.15, 0.2) is 72.8 Å². The van der Waals surface area contributed by atoms with Gasteiger partial charge in [0.25, 0.3) is 0 Å². The predicted octanol–water partition coefficient (Wildman–Crippen LogP) is 6.45. The Hall–Kier alpha value is -2.80. The lowest BCUT2D eigenvalue weighted by atomic mass is 9.70. The van der Waals surface area contributed by atoms with Gasteiger partial charge in [0.15, 0.2) is 0 Å². The van der Waals surface area contributed by atoms with Gasteiger partial charge >= 0.3 is 0 Å². The van der Waals surface area contributed by atoms with Crippen LogP contribution in [-0.2, 0) is 5.41 Å². The van der Waals surface area contributed by atoms with Crippen LogP contribution in [0, 0.1) is 6.92 Å². The first-order chi connectivity index (χ1) is 13.0. The molecule has 134 valence electrons. The van der Waals surface area contributed by atoms with Crippen molar-refractivity contribution in [3.05, 3.63) is 89.5 Å². The van der Waals surface area contributed by atoms with E-state index in [1.807, 2.05) is 0 Å². The molecule has 1 nitrogen and oxygen atoms in total. The lowest BCUT2D eigenvalue weighted by molar-refractivity contribution is 0.492. The second kappa shape index (κ2) is 5.60. The number of aryl methyl sites for hydroxylation is 1. The molecule has 1 aliphatic rings. The zero-order chi connectivity index (χ0) is 18.8. The summed E-state index contributed by atoms with van der Waals surface area (Å²) in [6.45, 7) is 7.08. The fourth-order valence-corrected chi connectivity index (χ4v) is 5.32. The summed E-state index contributed by atoms with van der Waals surface area (Å²) in [7, 11) is 2.26. The monoisotopic (exact) mass is 351 g/mol. The Morgan fingerprint density at radius 1 is 0.815 bits per heavy atom. The number of nitrogens with zero attached hydrogens (tertiary/aromatic N) is 1. The maximum absolute atomic E-state index is 2.49. The zero-order valence-corrected chi connectivity index (χ0v) is 16.5. The van der Waals surface area contributed by atoms with Gasteiger partial charge in [-0.15, -0.1) is 0 Å². The van der Waals surface area contributed by atoms with E-state index in [0.717, 1.165) is 0 Å². The maximum Gasteiger partial charge on any atom is 0.0491 e. The van der Waals surface area contributed by atoms with Crippen molar-refractivity contribution >= 4 is 27.2 Å². The lowest BCUT2D eigenvalue weighted by Crippen LogP contribution is -2.40. The standard InChI is InChI=1S/C26H25N/c1-17-16-20-11-6-8-14-22(20)25-24(17)26(3,18(2)27(25)4)23-15-9-12-19-10-5-7-13-21(19)23/h5-16,18H,1-4H3. The molecule has 0 radical (unpaired) electrons. The molecule has 4 aromatic carbocycles. The first-order valence-corrected chi connectivity index (χ1v) is 9.77. The van der Waals surface area contributed by atoms with Crippen molar-refractivity contribution in [2.24, 2.45) is 0 Å². The van der Waals surface area contributed by atoms with E-state index in [0.29, 0.717) is 6.04 Å². The fraction of sp³-hybridized carbons (Fsp3) is 0.231. The Kier molecular flexibility index (Phi) is 3.40. The van der Waals surface area contributed by atoms with Gasteiger partial charge in [0.1, 0.15) is 0 Å². The van der Waals surface area contributed by atoms with Crippen LogP contribution in [0.5, 0.6) is 0 Å². The third-order valence-corrected chi connectivity index (χ3v) is 6.86. The maximum atomic E-state index is 2.49. The van der Waals surface area contributed by atoms with Gasteiger partial charge in [-0.2, -0.15) is 0 Å². The van der Waals surface area contributed by atoms with Crippen LogP contribution in [0.25, 0.3) is 21.5 Å². The topological polar surface area (TPSA) is 3.24 Å². The van der Waals surface area contributed by atoms with Gasteiger partial charge < -0.3 is 4.90 Å². The number of rotatable bonds is 1. The fourth-order valence-electron chi connectivity index (χ4n) is 5.32. The van der Waals surface area contributed by atoms with Gasteiger partial charge in [-0.05, 0) is 53.6 Å². The Morgan fingerprint density at radius 2 is 1.44 bits per heavy atom. The SMILES string of the molecule is Cc1cc2ccccc2c2c1C(C)(c1cccc3ccccc13)C(C)N2C. The summed E-state index contributed by atoms with van der Waals surface area (Å²) in [5, 5.41) is 5.37. The molecule has 0 N–H and O–H groups in total. The Labute approximate surface area is 161 Å². The lowest BCUT2D eigenvalue weighted by Gasteiger charge is -2.34. The average molecular weight is 351 g/mol. The highest BCUT2D eigenvalue weighted by Crippen LogP contribution is 2.53. The van der Waals surface area contributed by atoms with Crippen molar-refractivity contribution in [2.45, 2.75) is 32.2 Å². The Morgan fingerprint density at radius 3 is 2.22 bits per heavy atom. The zero-order valence-electron chi connectivity index (χ0n) is 16.5. The van der Waals surface area contributed by atoms with Crippen LogP contribution in [-0.4, -0.2) is 13.1 Å². The minimum atomic E-state index is -0.0565. The third kappa shape index (κ3) is 2.06. The minimum Gasteiger partial charge on any atom is -0.370 e. The van der Waals surface area contributed by atoms with Gasteiger partial charge in [-0.3, -0.25) is 0 Å². The second-order valence-electron chi connectivity index (χ2n) is 8.15. The molecule has 0 fully saturated rings. The first-order valence-electron chi connectivity index (χ1n) is 9.77.